The molecule has 0 spiro atoms. The molecule has 1 heterocycles. The lowest BCUT2D eigenvalue weighted by molar-refractivity contribution is -0.437. The Hall–Kier alpha value is -0.160. The molecule has 0 bridgehead atoms. The lowest BCUT2D eigenvalue weighted by Crippen LogP contribution is -2.55. The minimum atomic E-state index is -0.987. The van der Waals surface area contributed by atoms with Crippen LogP contribution in [-0.4, -0.2) is 38.5 Å². The summed E-state index contributed by atoms with van der Waals surface area (Å²) in [6.45, 7) is 8.52. The maximum atomic E-state index is 5.92. The second-order valence-corrected chi connectivity index (χ2v) is 7.36. The molecule has 0 aromatic rings. The maximum Gasteiger partial charge on any atom is 0.310 e. The van der Waals surface area contributed by atoms with Crippen molar-refractivity contribution >= 4 is 0 Å². The standard InChI is InChI=1S/C22H44O4/c1-4-7-8-9-10-11-12-13-14-15-16-17-18-21-22(24-5-2,25-6-3)26-20-19-23-21/h21H,4-20H2,1-3H3. The molecule has 1 aliphatic rings. The van der Waals surface area contributed by atoms with Gasteiger partial charge in [-0.1, -0.05) is 84.0 Å². The summed E-state index contributed by atoms with van der Waals surface area (Å²) in [6, 6.07) is 0. The minimum absolute atomic E-state index is 0.112. The van der Waals surface area contributed by atoms with Crippen molar-refractivity contribution in [1.29, 1.82) is 0 Å². The first-order valence-electron chi connectivity index (χ1n) is 11.3. The number of unbranched alkanes of at least 4 members (excludes halogenated alkanes) is 11. The van der Waals surface area contributed by atoms with Gasteiger partial charge < -0.3 is 18.9 Å². The summed E-state index contributed by atoms with van der Waals surface area (Å²) < 4.78 is 23.4. The van der Waals surface area contributed by atoms with Gasteiger partial charge in [-0.3, -0.25) is 0 Å². The van der Waals surface area contributed by atoms with Crippen LogP contribution in [0.4, 0.5) is 0 Å². The molecule has 0 radical (unpaired) electrons. The first-order valence-corrected chi connectivity index (χ1v) is 11.3. The van der Waals surface area contributed by atoms with Crippen molar-refractivity contribution in [3.63, 3.8) is 0 Å². The predicted octanol–water partition coefficient (Wildman–Crippen LogP) is 6.22. The van der Waals surface area contributed by atoms with Gasteiger partial charge in [0.05, 0.1) is 13.2 Å². The van der Waals surface area contributed by atoms with Gasteiger partial charge in [0.1, 0.15) is 6.10 Å². The molecule has 0 aromatic heterocycles. The Bertz CT molecular complexity index is 297. The predicted molar refractivity (Wildman–Crippen MR) is 107 cm³/mol. The third-order valence-electron chi connectivity index (χ3n) is 5.11. The molecule has 156 valence electrons. The van der Waals surface area contributed by atoms with E-state index in [1.807, 2.05) is 13.8 Å². The highest BCUT2D eigenvalue weighted by Crippen LogP contribution is 2.30. The van der Waals surface area contributed by atoms with E-state index in [4.69, 9.17) is 18.9 Å². The average molecular weight is 373 g/mol. The summed E-state index contributed by atoms with van der Waals surface area (Å²) in [4.78, 5) is 0. The third kappa shape index (κ3) is 9.68. The van der Waals surface area contributed by atoms with Gasteiger partial charge in [0.2, 0.25) is 0 Å². The Morgan fingerprint density at radius 3 is 1.69 bits per heavy atom. The molecule has 1 atom stereocenters. The lowest BCUT2D eigenvalue weighted by atomic mass is 10.0. The summed E-state index contributed by atoms with van der Waals surface area (Å²) in [5.41, 5.74) is 0. The summed E-state index contributed by atoms with van der Waals surface area (Å²) >= 11 is 0. The van der Waals surface area contributed by atoms with E-state index < -0.39 is 5.97 Å². The van der Waals surface area contributed by atoms with Crippen LogP contribution in [0.3, 0.4) is 0 Å². The third-order valence-corrected chi connectivity index (χ3v) is 5.11. The van der Waals surface area contributed by atoms with Gasteiger partial charge in [0.15, 0.2) is 0 Å². The fourth-order valence-corrected chi connectivity index (χ4v) is 3.71. The molecule has 26 heavy (non-hydrogen) atoms. The highest BCUT2D eigenvalue weighted by molar-refractivity contribution is 4.76. The van der Waals surface area contributed by atoms with E-state index in [2.05, 4.69) is 6.92 Å². The van der Waals surface area contributed by atoms with Gasteiger partial charge in [-0.2, -0.15) is 0 Å². The topological polar surface area (TPSA) is 36.9 Å². The minimum Gasteiger partial charge on any atom is -0.367 e. The highest BCUT2D eigenvalue weighted by Gasteiger charge is 2.45. The quantitative estimate of drug-likeness (QED) is 0.224. The van der Waals surface area contributed by atoms with Crippen LogP contribution < -0.4 is 0 Å². The number of hydrogen-bond donors (Lipinski definition) is 0. The van der Waals surface area contributed by atoms with Crippen LogP contribution in [0, 0.1) is 0 Å². The Morgan fingerprint density at radius 2 is 1.19 bits per heavy atom. The molecule has 1 aliphatic heterocycles. The fraction of sp³-hybridized carbons (Fsp3) is 1.00. The fourth-order valence-electron chi connectivity index (χ4n) is 3.71. The monoisotopic (exact) mass is 372 g/mol. The van der Waals surface area contributed by atoms with Crippen molar-refractivity contribution in [2.75, 3.05) is 26.4 Å². The van der Waals surface area contributed by atoms with Crippen LogP contribution in [0.25, 0.3) is 0 Å². The van der Waals surface area contributed by atoms with Crippen molar-refractivity contribution in [2.24, 2.45) is 0 Å². The Balaban J connectivity index is 2.06. The van der Waals surface area contributed by atoms with Crippen LogP contribution in [-0.2, 0) is 18.9 Å². The van der Waals surface area contributed by atoms with Crippen LogP contribution >= 0.6 is 0 Å². The normalized spacial score (nSPS) is 19.7. The number of hydrogen-bond acceptors (Lipinski definition) is 4. The van der Waals surface area contributed by atoms with Crippen molar-refractivity contribution in [1.82, 2.24) is 0 Å². The summed E-state index contributed by atoms with van der Waals surface area (Å²) in [5, 5.41) is 0. The maximum absolute atomic E-state index is 5.92. The van der Waals surface area contributed by atoms with Gasteiger partial charge >= 0.3 is 5.97 Å². The van der Waals surface area contributed by atoms with Crippen molar-refractivity contribution in [2.45, 2.75) is 116 Å². The summed E-state index contributed by atoms with van der Waals surface area (Å²) in [6.07, 6.45) is 17.2. The molecule has 1 rings (SSSR count). The van der Waals surface area contributed by atoms with E-state index >= 15 is 0 Å². The van der Waals surface area contributed by atoms with E-state index in [-0.39, 0.29) is 6.10 Å². The molecule has 0 N–H and O–H groups in total. The number of ether oxygens (including phenoxy) is 4. The molecule has 4 nitrogen and oxygen atoms in total. The van der Waals surface area contributed by atoms with Crippen molar-refractivity contribution < 1.29 is 18.9 Å². The zero-order valence-electron chi connectivity index (χ0n) is 17.7. The first-order chi connectivity index (χ1) is 12.8. The van der Waals surface area contributed by atoms with Gasteiger partial charge in [-0.05, 0) is 20.3 Å². The smallest absolute Gasteiger partial charge is 0.310 e. The zero-order chi connectivity index (χ0) is 18.9. The van der Waals surface area contributed by atoms with Crippen LogP contribution in [0.2, 0.25) is 0 Å². The zero-order valence-corrected chi connectivity index (χ0v) is 17.7. The second kappa shape index (κ2) is 15.9. The van der Waals surface area contributed by atoms with Gasteiger partial charge in [-0.15, -0.1) is 0 Å². The Morgan fingerprint density at radius 1 is 0.692 bits per heavy atom. The van der Waals surface area contributed by atoms with Crippen molar-refractivity contribution in [3.05, 3.63) is 0 Å². The van der Waals surface area contributed by atoms with Crippen LogP contribution in [0.1, 0.15) is 104 Å². The Kier molecular flexibility index (Phi) is 14.6. The Labute approximate surface area is 162 Å². The van der Waals surface area contributed by atoms with Gasteiger partial charge in [-0.25, -0.2) is 0 Å². The summed E-state index contributed by atoms with van der Waals surface area (Å²) in [5.74, 6) is -0.987. The molecule has 4 heteroatoms. The molecule has 1 unspecified atom stereocenters. The van der Waals surface area contributed by atoms with Crippen LogP contribution in [0.15, 0.2) is 0 Å². The molecule has 0 amide bonds. The largest absolute Gasteiger partial charge is 0.367 e. The molecule has 0 aliphatic carbocycles. The van der Waals surface area contributed by atoms with E-state index in [1.54, 1.807) is 0 Å². The van der Waals surface area contributed by atoms with Gasteiger partial charge in [0, 0.05) is 13.2 Å². The molecule has 1 saturated heterocycles. The highest BCUT2D eigenvalue weighted by atomic mass is 16.9. The molecule has 1 fully saturated rings. The molecule has 0 aromatic carbocycles. The van der Waals surface area contributed by atoms with Gasteiger partial charge in [0.25, 0.3) is 0 Å². The van der Waals surface area contributed by atoms with Crippen LogP contribution in [0.5, 0.6) is 0 Å². The first kappa shape index (κ1) is 23.9. The summed E-state index contributed by atoms with van der Waals surface area (Å²) in [7, 11) is 0. The van der Waals surface area contributed by atoms with E-state index in [1.165, 1.54) is 70.6 Å². The number of rotatable bonds is 17. The SMILES string of the molecule is CCCCCCCCCCCCCCC1OCCOC1(OCC)OCC. The van der Waals surface area contributed by atoms with E-state index in [0.717, 1.165) is 12.8 Å². The average Bonchev–Trinajstić information content (AvgIpc) is 2.64. The van der Waals surface area contributed by atoms with Crippen molar-refractivity contribution in [3.8, 4) is 0 Å². The second-order valence-electron chi connectivity index (χ2n) is 7.36. The van der Waals surface area contributed by atoms with E-state index in [9.17, 15) is 0 Å². The molecular formula is C22H44O4. The van der Waals surface area contributed by atoms with E-state index in [0.29, 0.717) is 26.4 Å². The lowest BCUT2D eigenvalue weighted by Gasteiger charge is -2.41. The molecule has 0 saturated carbocycles. The molecular weight excluding hydrogens is 328 g/mol.